The Morgan fingerprint density at radius 3 is 2.09 bits per heavy atom. The first-order chi connectivity index (χ1) is 38.0. The number of nitrogens with zero attached hydrogens (tertiary/aromatic N) is 6. The van der Waals surface area contributed by atoms with Crippen molar-refractivity contribution in [1.82, 2.24) is 30.3 Å². The van der Waals surface area contributed by atoms with Crippen LogP contribution in [0.25, 0.3) is 0 Å². The average molecular weight is 1180 g/mol. The van der Waals surface area contributed by atoms with E-state index in [2.05, 4.69) is 30.9 Å². The molecule has 0 spiro atoms. The Balaban J connectivity index is 0.00000391. The van der Waals surface area contributed by atoms with Crippen LogP contribution in [0.15, 0.2) is 24.4 Å². The quantitative estimate of drug-likeness (QED) is 0.0107. The monoisotopic (exact) mass is 1180 g/mol. The summed E-state index contributed by atoms with van der Waals surface area (Å²) in [5.41, 5.74) is 1.08. The minimum absolute atomic E-state index is 0.0279. The van der Waals surface area contributed by atoms with Crippen LogP contribution in [0.4, 0.5) is 24.8 Å². The second-order valence-corrected chi connectivity index (χ2v) is 19.4. The first-order valence-corrected chi connectivity index (χ1v) is 27.9. The number of carbonyl (C=O) groups is 2. The summed E-state index contributed by atoms with van der Waals surface area (Å²) in [6.45, 7) is 7.23. The number of hydrogen-bond acceptors (Lipinski definition) is 24. The van der Waals surface area contributed by atoms with Crippen molar-refractivity contribution < 1.29 is 94.4 Å². The normalized spacial score (nSPS) is 16.3. The number of carbonyl (C=O) groups excluding carboxylic acids is 2. The molecule has 5 rings (SSSR count). The summed E-state index contributed by atoms with van der Waals surface area (Å²) >= 11 is 6.31. The van der Waals surface area contributed by atoms with Crippen molar-refractivity contribution in [2.45, 2.75) is 51.2 Å². The molecule has 1 aromatic carbocycles. The lowest BCUT2D eigenvalue weighted by Gasteiger charge is -2.23. The zero-order valence-corrected chi connectivity index (χ0v) is 46.2. The standard InChI is InChI=1S/C44H66ClF2N9O16P2.CH3F.CH4O/c45-44-51-41(50-39-4-2-35(71-39)30-70-74(61)31-73(59)60)36(26-48)42(52-44)55-8-5-32(27-55)43(58)49-7-11-63-14-17-66-21-22-68-23-24-69-29-34-28-56(54-53-34)9-12-64-15-18-67-20-19-65-16-13-62-10-6-40(57)72-38-3-1-33(46)25-37(38)47;2*1-2/h1,3,25-26,28,32,35,39,48,59-61H,2,4-24,27,29-31H2,(H,49,58)(H,50,51,52);1H3;2H,1H3. The number of hydrogen-bond donors (Lipinski definition) is 7. The first-order valence-electron chi connectivity index (χ1n) is 24.7. The van der Waals surface area contributed by atoms with E-state index in [1.807, 2.05) is 4.90 Å². The van der Waals surface area contributed by atoms with Crippen molar-refractivity contribution in [3.05, 3.63) is 52.6 Å². The number of rotatable bonds is 40. The fourth-order valence-corrected chi connectivity index (χ4v) is 8.73. The highest BCUT2D eigenvalue weighted by molar-refractivity contribution is 7.63. The molecule has 2 aliphatic rings. The van der Waals surface area contributed by atoms with E-state index in [4.69, 9.17) is 83.8 Å². The molecular weight excluding hydrogens is 1100 g/mol. The predicted molar refractivity (Wildman–Crippen MR) is 278 cm³/mol. The van der Waals surface area contributed by atoms with Gasteiger partial charge in [-0.2, -0.15) is 9.97 Å². The Bertz CT molecular complexity index is 2130. The Hall–Kier alpha value is -3.97. The van der Waals surface area contributed by atoms with Crippen LogP contribution >= 0.6 is 28.4 Å². The topological polar surface area (TPSA) is 324 Å². The molecule has 2 saturated heterocycles. The molecule has 0 saturated carbocycles. The second kappa shape index (κ2) is 42.0. The highest BCUT2D eigenvalue weighted by atomic mass is 35.5. The van der Waals surface area contributed by atoms with Crippen molar-refractivity contribution in [1.29, 1.82) is 5.41 Å². The molecule has 78 heavy (non-hydrogen) atoms. The van der Waals surface area contributed by atoms with Gasteiger partial charge in [-0.25, -0.2) is 13.5 Å². The van der Waals surface area contributed by atoms with E-state index in [0.29, 0.717) is 167 Å². The van der Waals surface area contributed by atoms with Gasteiger partial charge in [0.15, 0.2) is 28.3 Å². The molecule has 3 aromatic rings. The van der Waals surface area contributed by atoms with E-state index in [1.165, 1.54) is 0 Å². The number of esters is 1. The van der Waals surface area contributed by atoms with Crippen LogP contribution in [0.1, 0.15) is 36.9 Å². The summed E-state index contributed by atoms with van der Waals surface area (Å²) in [4.78, 5) is 63.3. The minimum atomic E-state index is -2.25. The van der Waals surface area contributed by atoms with E-state index in [1.54, 1.807) is 10.9 Å². The molecule has 7 N–H and O–H groups in total. The maximum atomic E-state index is 13.6. The molecule has 442 valence electrons. The predicted octanol–water partition coefficient (Wildman–Crippen LogP) is 2.95. The van der Waals surface area contributed by atoms with Crippen molar-refractivity contribution in [3.8, 4) is 5.75 Å². The SMILES string of the molecule is CF.CO.N=Cc1c(NC2CCC(COP(O)CP(O)O)O2)nc(Cl)nc1N1CCC(C(=O)NCCOCCOCCOCCOCc2cn(CCOCCOCCOCCOCCC(=O)Oc3ccc(F)cc3F)nn2)C1. The van der Waals surface area contributed by atoms with Crippen LogP contribution in [0.3, 0.4) is 0 Å². The third kappa shape index (κ3) is 28.4. The molecule has 1 amide bonds. The van der Waals surface area contributed by atoms with Crippen LogP contribution in [0.5, 0.6) is 5.75 Å². The van der Waals surface area contributed by atoms with Crippen molar-refractivity contribution in [3.63, 3.8) is 0 Å². The number of halogens is 4. The Labute approximate surface area is 458 Å². The molecule has 0 aliphatic carbocycles. The Morgan fingerprint density at radius 2 is 1.46 bits per heavy atom. The molecule has 4 atom stereocenters. The molecule has 26 nitrogen and oxygen atoms in total. The largest absolute Gasteiger partial charge is 0.423 e. The second-order valence-electron chi connectivity index (χ2n) is 16.2. The van der Waals surface area contributed by atoms with Crippen LogP contribution in [-0.2, 0) is 69.9 Å². The van der Waals surface area contributed by atoms with Gasteiger partial charge in [0.2, 0.25) is 11.2 Å². The van der Waals surface area contributed by atoms with Gasteiger partial charge in [0.05, 0.1) is 162 Å². The van der Waals surface area contributed by atoms with E-state index in [0.717, 1.165) is 25.5 Å². The lowest BCUT2D eigenvalue weighted by Crippen LogP contribution is -2.35. The summed E-state index contributed by atoms with van der Waals surface area (Å²) < 4.78 is 98.0. The summed E-state index contributed by atoms with van der Waals surface area (Å²) in [6, 6.07) is 2.69. The van der Waals surface area contributed by atoms with Crippen LogP contribution in [0.2, 0.25) is 5.28 Å². The van der Waals surface area contributed by atoms with E-state index in [9.17, 15) is 27.7 Å². The zero-order chi connectivity index (χ0) is 56.8. The van der Waals surface area contributed by atoms with E-state index >= 15 is 0 Å². The fraction of sp³-hybridized carbons (Fsp3) is 0.674. The van der Waals surface area contributed by atoms with Crippen LogP contribution in [-0.4, -0.2) is 221 Å². The number of alkyl halides is 1. The number of aliphatic hydroxyl groups is 1. The number of benzene rings is 1. The highest BCUT2D eigenvalue weighted by Gasteiger charge is 2.33. The molecule has 32 heteroatoms. The van der Waals surface area contributed by atoms with Gasteiger partial charge in [-0.1, -0.05) is 5.21 Å². The molecule has 2 fully saturated rings. The number of amides is 1. The Morgan fingerprint density at radius 1 is 0.846 bits per heavy atom. The molecular formula is C46H73ClF3N9O17P2. The third-order valence-corrected chi connectivity index (χ3v) is 13.2. The third-order valence-electron chi connectivity index (χ3n) is 10.6. The van der Waals surface area contributed by atoms with Gasteiger partial charge in [-0.3, -0.25) is 14.0 Å². The molecule has 0 radical (unpaired) electrons. The van der Waals surface area contributed by atoms with Crippen molar-refractivity contribution in [2.24, 2.45) is 5.92 Å². The van der Waals surface area contributed by atoms with Crippen LogP contribution in [0, 0.1) is 23.0 Å². The van der Waals surface area contributed by atoms with Crippen molar-refractivity contribution in [2.75, 3.05) is 156 Å². The number of ether oxygens (including phenoxy) is 10. The maximum Gasteiger partial charge on any atom is 0.313 e. The molecule has 0 bridgehead atoms. The molecule has 4 heterocycles. The molecule has 4 unspecified atom stereocenters. The summed E-state index contributed by atoms with van der Waals surface area (Å²) in [5.74, 6) is -2.63. The minimum Gasteiger partial charge on any atom is -0.423 e. The van der Waals surface area contributed by atoms with Gasteiger partial charge in [0.25, 0.3) is 0 Å². The van der Waals surface area contributed by atoms with Gasteiger partial charge in [-0.05, 0) is 43.0 Å². The first kappa shape index (κ1) is 68.3. The fourth-order valence-electron chi connectivity index (χ4n) is 7.04. The van der Waals surface area contributed by atoms with Crippen LogP contribution < -0.4 is 20.3 Å². The summed E-state index contributed by atoms with van der Waals surface area (Å²) in [7, 11) is -2.71. The number of anilines is 2. The van der Waals surface area contributed by atoms with Crippen molar-refractivity contribution >= 4 is 58.1 Å². The maximum absolute atomic E-state index is 13.6. The number of aliphatic hydroxyl groups excluding tert-OH is 1. The van der Waals surface area contributed by atoms with E-state index < -0.39 is 40.6 Å². The zero-order valence-electron chi connectivity index (χ0n) is 43.7. The smallest absolute Gasteiger partial charge is 0.313 e. The van der Waals surface area contributed by atoms with Gasteiger partial charge in [-0.15, -0.1) is 5.10 Å². The van der Waals surface area contributed by atoms with E-state index in [-0.39, 0.29) is 67.7 Å². The van der Waals surface area contributed by atoms with Gasteiger partial charge in [0.1, 0.15) is 29.4 Å². The number of nitrogens with one attached hydrogen (secondary N) is 3. The lowest BCUT2D eigenvalue weighted by atomic mass is 10.1. The number of aromatic nitrogens is 5. The summed E-state index contributed by atoms with van der Waals surface area (Å²) in [5, 5.41) is 29.4. The van der Waals surface area contributed by atoms with Gasteiger partial charge < -0.3 is 92.6 Å². The lowest BCUT2D eigenvalue weighted by molar-refractivity contribution is -0.136. The Kier molecular flexibility index (Phi) is 36.7. The highest BCUT2D eigenvalue weighted by Crippen LogP contribution is 2.44. The summed E-state index contributed by atoms with van der Waals surface area (Å²) in [6.07, 6.45) is 3.82. The average Bonchev–Trinajstić information content (AvgIpc) is 4.24. The van der Waals surface area contributed by atoms with Gasteiger partial charge in [0, 0.05) is 39.0 Å². The molecule has 2 aromatic heterocycles. The molecule has 2 aliphatic heterocycles. The van der Waals surface area contributed by atoms with Gasteiger partial charge >= 0.3 is 5.97 Å².